The van der Waals surface area contributed by atoms with Crippen molar-refractivity contribution >= 4 is 24.7 Å². The Morgan fingerprint density at radius 3 is 1.75 bits per heavy atom. The number of hydrogen-bond donors (Lipinski definition) is 0. The summed E-state index contributed by atoms with van der Waals surface area (Å²) in [5.74, 6) is 0. The van der Waals surface area contributed by atoms with E-state index < -0.39 is 0 Å². The molecule has 24 valence electrons. The fraction of sp³-hybridized carbons (Fsp3) is 0. The third kappa shape index (κ3) is 8.82. The maximum atomic E-state index is 2.53. The van der Waals surface area contributed by atoms with Crippen LogP contribution in [0.2, 0.25) is 0 Å². The SMILES string of the molecule is [Nb].[SeH][Se][Mo]. The van der Waals surface area contributed by atoms with Crippen LogP contribution in [0.25, 0.3) is 0 Å². The number of hydrogen-bond acceptors (Lipinski definition) is 0. The summed E-state index contributed by atoms with van der Waals surface area (Å²) in [4.78, 5) is 0. The standard InChI is InChI=1S/Mo.Nb.H2Se2/c;;1-2/h;;1-2H/q+1;;/p-1. The Morgan fingerprint density at radius 2 is 1.75 bits per heavy atom. The van der Waals surface area contributed by atoms with Gasteiger partial charge in [0.25, 0.3) is 0 Å². The molecule has 4 heteroatoms. The van der Waals surface area contributed by atoms with Gasteiger partial charge in [0.1, 0.15) is 0 Å². The molecule has 0 fully saturated rings. The van der Waals surface area contributed by atoms with Gasteiger partial charge in [0.15, 0.2) is 0 Å². The molecule has 0 rings (SSSR count). The Kier molecular flexibility index (Phi) is 22.0. The molecule has 1 radical (unpaired) electrons. The van der Waals surface area contributed by atoms with Gasteiger partial charge >= 0.3 is 42.4 Å². The van der Waals surface area contributed by atoms with Gasteiger partial charge < -0.3 is 0 Å². The second-order valence-electron chi connectivity index (χ2n) is 0.0745. The van der Waals surface area contributed by atoms with E-state index in [1.54, 1.807) is 0 Å². The molecule has 0 aromatic heterocycles. The molecule has 0 saturated carbocycles. The maximum absolute atomic E-state index is 2.53. The van der Waals surface area contributed by atoms with Crippen molar-refractivity contribution in [3.63, 3.8) is 0 Å². The van der Waals surface area contributed by atoms with E-state index in [1.165, 1.54) is 0 Å². The summed E-state index contributed by atoms with van der Waals surface area (Å²) in [7, 11) is 0.822. The summed E-state index contributed by atoms with van der Waals surface area (Å²) in [6, 6.07) is 0. The summed E-state index contributed by atoms with van der Waals surface area (Å²) in [5.41, 5.74) is 0. The van der Waals surface area contributed by atoms with Crippen LogP contribution in [0, 0.1) is 0 Å². The molecule has 0 amide bonds. The van der Waals surface area contributed by atoms with Gasteiger partial charge in [0, 0.05) is 22.4 Å². The van der Waals surface area contributed by atoms with Crippen LogP contribution < -0.4 is 0 Å². The second kappa shape index (κ2) is 9.08. The molecule has 0 saturated heterocycles. The van der Waals surface area contributed by atoms with Gasteiger partial charge in [0.05, 0.1) is 0 Å². The fourth-order valence-electron chi connectivity index (χ4n) is 0. The molecule has 0 aliphatic carbocycles. The first-order valence-corrected chi connectivity index (χ1v) is 10.1. The molecule has 0 heterocycles. The topological polar surface area (TPSA) is 0 Å². The normalized spacial score (nSPS) is 4.25. The third-order valence-corrected chi connectivity index (χ3v) is 0. The minimum absolute atomic E-state index is 0. The van der Waals surface area contributed by atoms with Crippen molar-refractivity contribution in [2.45, 2.75) is 0 Å². The van der Waals surface area contributed by atoms with Gasteiger partial charge in [-0.25, -0.2) is 0 Å². The molecule has 0 bridgehead atoms. The monoisotopic (exact) mass is 352 g/mol. The molecule has 0 unspecified atom stereocenters. The van der Waals surface area contributed by atoms with E-state index in [9.17, 15) is 0 Å². The quantitative estimate of drug-likeness (QED) is 0.491. The molecule has 4 heavy (non-hydrogen) atoms. The summed E-state index contributed by atoms with van der Waals surface area (Å²) >= 11 is 4.64. The Balaban J connectivity index is 0. The van der Waals surface area contributed by atoms with Crippen molar-refractivity contribution in [1.82, 2.24) is 0 Å². The van der Waals surface area contributed by atoms with Crippen LogP contribution in [0.4, 0.5) is 0 Å². The van der Waals surface area contributed by atoms with Gasteiger partial charge in [-0.15, -0.1) is 0 Å². The third-order valence-electron chi connectivity index (χ3n) is 0. The second-order valence-corrected chi connectivity index (χ2v) is 11.9. The molecular weight excluding hydrogens is 347 g/mol. The van der Waals surface area contributed by atoms with Crippen LogP contribution in [-0.2, 0) is 40.1 Å². The molecule has 0 aromatic rings. The molecule has 0 aromatic carbocycles. The Labute approximate surface area is 63.8 Å². The van der Waals surface area contributed by atoms with Crippen molar-refractivity contribution in [3.8, 4) is 0 Å². The minimum atomic E-state index is 0. The average molecular weight is 348 g/mol. The molecule has 0 N–H and O–H groups in total. The van der Waals surface area contributed by atoms with E-state index in [0.717, 1.165) is 10.5 Å². The molecule has 0 aliphatic heterocycles. The van der Waals surface area contributed by atoms with Crippen LogP contribution in [0.1, 0.15) is 0 Å². The Morgan fingerprint density at radius 1 is 1.75 bits per heavy atom. The van der Waals surface area contributed by atoms with Crippen LogP contribution >= 0.6 is 0 Å². The van der Waals surface area contributed by atoms with Gasteiger partial charge in [-0.3, -0.25) is 0 Å². The van der Waals surface area contributed by atoms with Gasteiger partial charge in [-0.1, -0.05) is 0 Å². The summed E-state index contributed by atoms with van der Waals surface area (Å²) < 4.78 is 0. The molecule has 0 atom stereocenters. The summed E-state index contributed by atoms with van der Waals surface area (Å²) in [6.45, 7) is 0. The van der Waals surface area contributed by atoms with E-state index >= 15 is 0 Å². The van der Waals surface area contributed by atoms with Crippen molar-refractivity contribution in [2.75, 3.05) is 0 Å². The molecule has 0 aliphatic rings. The van der Waals surface area contributed by atoms with E-state index in [1.807, 2.05) is 0 Å². The van der Waals surface area contributed by atoms with Crippen molar-refractivity contribution < 1.29 is 40.1 Å². The van der Waals surface area contributed by atoms with Crippen LogP contribution in [0.5, 0.6) is 0 Å². The molecular formula is HMoNbSe2. The van der Waals surface area contributed by atoms with Gasteiger partial charge in [-0.2, -0.15) is 0 Å². The first kappa shape index (κ1) is 9.69. The Bertz CT molecular complexity index is 6.00. The zero-order chi connectivity index (χ0) is 2.71. The summed E-state index contributed by atoms with van der Waals surface area (Å²) in [6.07, 6.45) is 0. The average Bonchev–Trinajstić information content (AvgIpc) is 0.918. The summed E-state index contributed by atoms with van der Waals surface area (Å²) in [5, 5.41) is 0. The fourth-order valence-corrected chi connectivity index (χ4v) is 0. The Hall–Kier alpha value is 2.47. The van der Waals surface area contributed by atoms with Crippen molar-refractivity contribution in [1.29, 1.82) is 0 Å². The van der Waals surface area contributed by atoms with Crippen LogP contribution in [0.3, 0.4) is 0 Å². The van der Waals surface area contributed by atoms with Gasteiger partial charge in [0.2, 0.25) is 0 Å². The van der Waals surface area contributed by atoms with E-state index in [0.29, 0.717) is 0 Å². The number of rotatable bonds is 0. The first-order chi connectivity index (χ1) is 1.41. The predicted molar refractivity (Wildman–Crippen MR) is 12.9 cm³/mol. The predicted octanol–water partition coefficient (Wildman–Crippen LogP) is -1.03. The van der Waals surface area contributed by atoms with Gasteiger partial charge in [-0.05, 0) is 0 Å². The van der Waals surface area contributed by atoms with E-state index in [4.69, 9.17) is 0 Å². The first-order valence-electron chi connectivity index (χ1n) is 0.349. The zero-order valence-electron chi connectivity index (χ0n) is 1.71. The molecule has 0 nitrogen and oxygen atoms in total. The van der Waals surface area contributed by atoms with Crippen molar-refractivity contribution in [3.05, 3.63) is 0 Å². The van der Waals surface area contributed by atoms with E-state index in [-0.39, 0.29) is 22.4 Å². The van der Waals surface area contributed by atoms with Crippen LogP contribution in [0.15, 0.2) is 0 Å². The van der Waals surface area contributed by atoms with E-state index in [2.05, 4.69) is 31.9 Å². The zero-order valence-corrected chi connectivity index (χ0v) is 9.51. The molecule has 0 spiro atoms. The van der Waals surface area contributed by atoms with Crippen LogP contribution in [-0.4, -0.2) is 24.7 Å². The van der Waals surface area contributed by atoms with Crippen molar-refractivity contribution in [2.24, 2.45) is 0 Å².